The molecule has 0 radical (unpaired) electrons. The summed E-state index contributed by atoms with van der Waals surface area (Å²) in [6, 6.07) is 19.7. The standard InChI is InChI=1S/C22H20BrNO2/c1-24(21-19-9-3-2-6-16(19)10-11-20(21)26)13-5-12-22(24,15-25)17-7-4-8-18(23)14-17/h2-4,6-11,14-15H,5,12-13H2,1H3/p+1. The maximum Gasteiger partial charge on any atom is 0.185 e. The second-order valence-corrected chi connectivity index (χ2v) is 8.14. The number of phenolic OH excluding ortho intramolecular Hbond substituents is 1. The molecule has 1 saturated heterocycles. The van der Waals surface area contributed by atoms with Crippen LogP contribution in [0.25, 0.3) is 10.8 Å². The summed E-state index contributed by atoms with van der Waals surface area (Å²) in [7, 11) is 2.07. The number of carbonyl (C=O) groups excluding carboxylic acids is 1. The third-order valence-electron chi connectivity index (χ3n) is 5.94. The largest absolute Gasteiger partial charge is 0.503 e. The molecule has 0 spiro atoms. The normalized spacial score (nSPS) is 25.5. The van der Waals surface area contributed by atoms with E-state index in [4.69, 9.17) is 0 Å². The van der Waals surface area contributed by atoms with E-state index in [0.717, 1.165) is 52.2 Å². The van der Waals surface area contributed by atoms with Crippen LogP contribution in [-0.4, -0.2) is 25.0 Å². The van der Waals surface area contributed by atoms with Crippen LogP contribution in [0, 0.1) is 0 Å². The van der Waals surface area contributed by atoms with E-state index >= 15 is 0 Å². The number of aldehydes is 1. The van der Waals surface area contributed by atoms with Gasteiger partial charge in [-0.25, -0.2) is 0 Å². The van der Waals surface area contributed by atoms with E-state index in [2.05, 4.69) is 23.0 Å². The van der Waals surface area contributed by atoms with Gasteiger partial charge in [-0.2, -0.15) is 0 Å². The maximum absolute atomic E-state index is 12.6. The molecule has 0 aliphatic carbocycles. The number of rotatable bonds is 3. The lowest BCUT2D eigenvalue weighted by Crippen LogP contribution is -2.58. The third kappa shape index (κ3) is 2.32. The van der Waals surface area contributed by atoms with Crippen LogP contribution >= 0.6 is 15.9 Å². The molecule has 0 bridgehead atoms. The molecular formula is C22H21BrNO2+. The van der Waals surface area contributed by atoms with Gasteiger partial charge >= 0.3 is 0 Å². The molecule has 132 valence electrons. The molecule has 3 aromatic rings. The molecule has 3 nitrogen and oxygen atoms in total. The Bertz CT molecular complexity index is 1000. The number of halogens is 1. The van der Waals surface area contributed by atoms with Crippen LogP contribution in [0.1, 0.15) is 18.4 Å². The van der Waals surface area contributed by atoms with E-state index in [0.29, 0.717) is 4.48 Å². The summed E-state index contributed by atoms with van der Waals surface area (Å²) in [5.41, 5.74) is 1.09. The molecule has 26 heavy (non-hydrogen) atoms. The first-order valence-corrected chi connectivity index (χ1v) is 9.60. The first-order valence-electron chi connectivity index (χ1n) is 8.81. The van der Waals surface area contributed by atoms with Crippen LogP contribution < -0.4 is 4.48 Å². The van der Waals surface area contributed by atoms with Gasteiger partial charge in [0.05, 0.1) is 13.6 Å². The third-order valence-corrected chi connectivity index (χ3v) is 6.43. The average Bonchev–Trinajstić information content (AvgIpc) is 2.99. The lowest BCUT2D eigenvalue weighted by Gasteiger charge is -2.43. The van der Waals surface area contributed by atoms with Gasteiger partial charge in [0, 0.05) is 28.3 Å². The summed E-state index contributed by atoms with van der Waals surface area (Å²) in [4.78, 5) is 12.6. The first-order chi connectivity index (χ1) is 12.5. The monoisotopic (exact) mass is 410 g/mol. The lowest BCUT2D eigenvalue weighted by atomic mass is 9.86. The van der Waals surface area contributed by atoms with Gasteiger partial charge in [0.1, 0.15) is 0 Å². The zero-order valence-electron chi connectivity index (χ0n) is 14.7. The van der Waals surface area contributed by atoms with Gasteiger partial charge in [-0.3, -0.25) is 9.28 Å². The van der Waals surface area contributed by atoms with Crippen molar-refractivity contribution in [3.8, 4) is 5.75 Å². The minimum Gasteiger partial charge on any atom is -0.503 e. The number of fused-ring (bicyclic) bond motifs is 1. The maximum atomic E-state index is 12.6. The number of hydrogen-bond acceptors (Lipinski definition) is 2. The van der Waals surface area contributed by atoms with Crippen molar-refractivity contribution in [2.45, 2.75) is 18.4 Å². The number of hydrogen-bond donors (Lipinski definition) is 1. The van der Waals surface area contributed by atoms with Crippen LogP contribution in [-0.2, 0) is 10.3 Å². The summed E-state index contributed by atoms with van der Waals surface area (Å²) in [6.45, 7) is 0.798. The lowest BCUT2D eigenvalue weighted by molar-refractivity contribution is -0.116. The van der Waals surface area contributed by atoms with Crippen molar-refractivity contribution in [1.82, 2.24) is 4.48 Å². The highest BCUT2D eigenvalue weighted by Crippen LogP contribution is 2.51. The Morgan fingerprint density at radius 3 is 2.69 bits per heavy atom. The van der Waals surface area contributed by atoms with E-state index in [-0.39, 0.29) is 5.75 Å². The van der Waals surface area contributed by atoms with Crippen molar-refractivity contribution in [3.63, 3.8) is 0 Å². The Hall–Kier alpha value is -2.17. The van der Waals surface area contributed by atoms with Crippen molar-refractivity contribution in [2.75, 3.05) is 13.6 Å². The predicted molar refractivity (Wildman–Crippen MR) is 109 cm³/mol. The zero-order valence-corrected chi connectivity index (χ0v) is 16.2. The SMILES string of the molecule is C[N+]1(c2c(O)ccc3ccccc23)CCCC1(C=O)c1cccc(Br)c1. The molecule has 1 fully saturated rings. The molecule has 0 aromatic heterocycles. The highest BCUT2D eigenvalue weighted by molar-refractivity contribution is 9.10. The number of likely N-dealkylation sites (N-methyl/N-ethyl adjacent to an activating group) is 1. The van der Waals surface area contributed by atoms with Gasteiger partial charge in [0.25, 0.3) is 0 Å². The summed E-state index contributed by atoms with van der Waals surface area (Å²) >= 11 is 3.54. The summed E-state index contributed by atoms with van der Waals surface area (Å²) in [6.07, 6.45) is 2.76. The van der Waals surface area contributed by atoms with Crippen LogP contribution in [0.15, 0.2) is 65.1 Å². The van der Waals surface area contributed by atoms with E-state index in [9.17, 15) is 9.90 Å². The van der Waals surface area contributed by atoms with Gasteiger partial charge < -0.3 is 5.11 Å². The smallest absolute Gasteiger partial charge is 0.185 e. The molecule has 0 saturated carbocycles. The number of benzene rings is 3. The second-order valence-electron chi connectivity index (χ2n) is 7.23. The van der Waals surface area contributed by atoms with Crippen molar-refractivity contribution in [1.29, 1.82) is 0 Å². The van der Waals surface area contributed by atoms with Gasteiger partial charge in [-0.15, -0.1) is 0 Å². The molecule has 2 atom stereocenters. The molecular weight excluding hydrogens is 390 g/mol. The Kier molecular flexibility index (Phi) is 4.13. The quantitative estimate of drug-likeness (QED) is 0.479. The van der Waals surface area contributed by atoms with Crippen LogP contribution in [0.3, 0.4) is 0 Å². The molecule has 3 aromatic carbocycles. The Labute approximate surface area is 161 Å². The summed E-state index contributed by atoms with van der Waals surface area (Å²) in [5, 5.41) is 12.9. The highest BCUT2D eigenvalue weighted by atomic mass is 79.9. The van der Waals surface area contributed by atoms with Gasteiger partial charge in [0.2, 0.25) is 0 Å². The van der Waals surface area contributed by atoms with E-state index in [1.165, 1.54) is 0 Å². The number of nitrogens with zero attached hydrogens (tertiary/aromatic N) is 1. The fourth-order valence-electron chi connectivity index (χ4n) is 4.61. The predicted octanol–water partition coefficient (Wildman–Crippen LogP) is 5.13. The van der Waals surface area contributed by atoms with Crippen molar-refractivity contribution >= 4 is 38.7 Å². The molecule has 4 heteroatoms. The number of phenols is 1. The molecule has 4 rings (SSSR count). The fourth-order valence-corrected chi connectivity index (χ4v) is 5.01. The number of likely N-dealkylation sites (tertiary alicyclic amines) is 1. The van der Waals surface area contributed by atoms with Crippen LogP contribution in [0.4, 0.5) is 5.69 Å². The van der Waals surface area contributed by atoms with Crippen molar-refractivity contribution < 1.29 is 9.90 Å². The minimum absolute atomic E-state index is 0.245. The Balaban J connectivity index is 2.04. The summed E-state index contributed by atoms with van der Waals surface area (Å²) < 4.78 is 1.33. The molecule has 1 aliphatic heterocycles. The molecule has 1 aliphatic rings. The van der Waals surface area contributed by atoms with Crippen LogP contribution in [0.5, 0.6) is 5.75 Å². The Morgan fingerprint density at radius 2 is 1.92 bits per heavy atom. The minimum atomic E-state index is -0.717. The number of aromatic hydroxyl groups is 1. The molecule has 1 heterocycles. The number of quaternary nitrogens is 1. The summed E-state index contributed by atoms with van der Waals surface area (Å²) in [5.74, 6) is 0.245. The van der Waals surface area contributed by atoms with E-state index in [1.54, 1.807) is 6.07 Å². The molecule has 2 unspecified atom stereocenters. The van der Waals surface area contributed by atoms with Crippen molar-refractivity contribution in [3.05, 3.63) is 70.7 Å². The number of carbonyl (C=O) groups is 1. The Morgan fingerprint density at radius 1 is 1.12 bits per heavy atom. The van der Waals surface area contributed by atoms with E-state index in [1.807, 2.05) is 54.6 Å². The van der Waals surface area contributed by atoms with Gasteiger partial charge in [-0.1, -0.05) is 52.3 Å². The van der Waals surface area contributed by atoms with Crippen molar-refractivity contribution in [2.24, 2.45) is 0 Å². The average molecular weight is 411 g/mol. The highest BCUT2D eigenvalue weighted by Gasteiger charge is 2.56. The fraction of sp³-hybridized carbons (Fsp3) is 0.227. The second kappa shape index (κ2) is 6.22. The molecule has 0 amide bonds. The first kappa shape index (κ1) is 17.3. The zero-order chi connectivity index (χ0) is 18.4. The van der Waals surface area contributed by atoms with E-state index < -0.39 is 5.54 Å². The van der Waals surface area contributed by atoms with Crippen LogP contribution in [0.2, 0.25) is 0 Å². The van der Waals surface area contributed by atoms with Gasteiger partial charge in [-0.05, 0) is 29.7 Å². The topological polar surface area (TPSA) is 37.3 Å². The van der Waals surface area contributed by atoms with Gasteiger partial charge in [0.15, 0.2) is 23.3 Å². The molecule has 1 N–H and O–H groups in total.